The molecule has 0 N–H and O–H groups in total. The van der Waals surface area contributed by atoms with E-state index in [0.29, 0.717) is 17.6 Å². The summed E-state index contributed by atoms with van der Waals surface area (Å²) in [6.07, 6.45) is 0. The van der Waals surface area contributed by atoms with Crippen LogP contribution < -0.4 is 0 Å². The Morgan fingerprint density at radius 3 is 1.21 bits per heavy atom. The molecule has 0 saturated heterocycles. The summed E-state index contributed by atoms with van der Waals surface area (Å²) in [7, 11) is 0. The Morgan fingerprint density at radius 2 is 0.645 bits per heavy atom. The SMILES string of the molecule is c1ccc(-c2ccc(-c3cccc(-c4ccc(-c5nc(-c6ccccc6)nc(-n6c7ccccc7c7ccc8c9ccccc9n(-c9ccccc9)c8c76)n5)cc4)c3)cc2)cc1. The maximum absolute atomic E-state index is 5.35. The molecular weight excluding hydrogens is 755 g/mol. The Kier molecular flexibility index (Phi) is 8.42. The first kappa shape index (κ1) is 35.5. The van der Waals surface area contributed by atoms with Crippen LogP contribution in [-0.4, -0.2) is 24.1 Å². The summed E-state index contributed by atoms with van der Waals surface area (Å²) >= 11 is 0. The number of benzene rings is 9. The smallest absolute Gasteiger partial charge is 0.238 e. The van der Waals surface area contributed by atoms with E-state index in [4.69, 9.17) is 15.0 Å². The molecule has 62 heavy (non-hydrogen) atoms. The second-order valence-corrected chi connectivity index (χ2v) is 15.6. The third kappa shape index (κ3) is 5.98. The van der Waals surface area contributed by atoms with Gasteiger partial charge in [-0.1, -0.05) is 194 Å². The molecule has 12 rings (SSSR count). The van der Waals surface area contributed by atoms with E-state index in [1.54, 1.807) is 0 Å². The minimum atomic E-state index is 0.562. The maximum Gasteiger partial charge on any atom is 0.238 e. The highest BCUT2D eigenvalue weighted by atomic mass is 15.2. The van der Waals surface area contributed by atoms with Gasteiger partial charge in [-0.15, -0.1) is 0 Å². The van der Waals surface area contributed by atoms with Gasteiger partial charge in [0.25, 0.3) is 0 Å². The molecule has 0 spiro atoms. The van der Waals surface area contributed by atoms with Crippen LogP contribution in [-0.2, 0) is 0 Å². The van der Waals surface area contributed by atoms with Crippen molar-refractivity contribution >= 4 is 43.6 Å². The lowest BCUT2D eigenvalue weighted by Gasteiger charge is -2.13. The number of nitrogens with zero attached hydrogens (tertiary/aromatic N) is 5. The van der Waals surface area contributed by atoms with E-state index in [0.717, 1.165) is 60.8 Å². The van der Waals surface area contributed by atoms with Gasteiger partial charge in [0, 0.05) is 38.4 Å². The number of hydrogen-bond acceptors (Lipinski definition) is 3. The number of hydrogen-bond donors (Lipinski definition) is 0. The Hall–Kier alpha value is -8.41. The Labute approximate surface area is 358 Å². The topological polar surface area (TPSA) is 48.5 Å². The number of rotatable bonds is 7. The molecule has 3 aromatic heterocycles. The average Bonchev–Trinajstić information content (AvgIpc) is 3.88. The van der Waals surface area contributed by atoms with Crippen LogP contribution in [0.2, 0.25) is 0 Å². The molecule has 5 nitrogen and oxygen atoms in total. The lowest BCUT2D eigenvalue weighted by molar-refractivity contribution is 0.953. The summed E-state index contributed by atoms with van der Waals surface area (Å²) in [5.41, 5.74) is 14.3. The molecule has 0 saturated carbocycles. The van der Waals surface area contributed by atoms with E-state index in [-0.39, 0.29) is 0 Å². The van der Waals surface area contributed by atoms with Gasteiger partial charge in [0.05, 0.1) is 22.1 Å². The maximum atomic E-state index is 5.35. The van der Waals surface area contributed by atoms with Gasteiger partial charge in [-0.2, -0.15) is 9.97 Å². The number of para-hydroxylation sites is 3. The van der Waals surface area contributed by atoms with Crippen molar-refractivity contribution in [3.8, 4) is 67.8 Å². The minimum Gasteiger partial charge on any atom is -0.307 e. The molecule has 0 unspecified atom stereocenters. The molecule has 290 valence electrons. The molecule has 0 amide bonds. The molecule has 0 aliphatic heterocycles. The van der Waals surface area contributed by atoms with E-state index < -0.39 is 0 Å². The average molecular weight is 792 g/mol. The molecule has 12 aromatic rings. The summed E-state index contributed by atoms with van der Waals surface area (Å²) < 4.78 is 4.63. The third-order valence-electron chi connectivity index (χ3n) is 12.0. The van der Waals surface area contributed by atoms with E-state index in [1.165, 1.54) is 33.0 Å². The zero-order valence-electron chi connectivity index (χ0n) is 33.6. The van der Waals surface area contributed by atoms with Crippen molar-refractivity contribution in [3.05, 3.63) is 224 Å². The van der Waals surface area contributed by atoms with Crippen LogP contribution in [0.1, 0.15) is 0 Å². The molecular formula is C57H37N5. The lowest BCUT2D eigenvalue weighted by Crippen LogP contribution is -2.07. The molecule has 3 heterocycles. The second kappa shape index (κ2) is 14.7. The molecule has 0 bridgehead atoms. The zero-order chi connectivity index (χ0) is 41.0. The van der Waals surface area contributed by atoms with Crippen molar-refractivity contribution in [1.82, 2.24) is 24.1 Å². The fraction of sp³-hybridized carbons (Fsp3) is 0. The largest absolute Gasteiger partial charge is 0.307 e. The highest BCUT2D eigenvalue weighted by Crippen LogP contribution is 2.41. The first-order valence-electron chi connectivity index (χ1n) is 20.9. The van der Waals surface area contributed by atoms with Crippen molar-refractivity contribution in [2.45, 2.75) is 0 Å². The van der Waals surface area contributed by atoms with Crippen molar-refractivity contribution < 1.29 is 0 Å². The van der Waals surface area contributed by atoms with Crippen LogP contribution in [0.4, 0.5) is 0 Å². The fourth-order valence-electron chi connectivity index (χ4n) is 9.04. The van der Waals surface area contributed by atoms with E-state index in [9.17, 15) is 0 Å². The van der Waals surface area contributed by atoms with E-state index >= 15 is 0 Å². The molecule has 0 aliphatic rings. The first-order chi connectivity index (χ1) is 30.7. The summed E-state index contributed by atoms with van der Waals surface area (Å²) in [6, 6.07) is 79.2. The quantitative estimate of drug-likeness (QED) is 0.162. The van der Waals surface area contributed by atoms with Gasteiger partial charge in [-0.05, 0) is 63.7 Å². The van der Waals surface area contributed by atoms with Gasteiger partial charge in [-0.25, -0.2) is 4.98 Å². The third-order valence-corrected chi connectivity index (χ3v) is 12.0. The predicted octanol–water partition coefficient (Wildman–Crippen LogP) is 14.4. The summed E-state index contributed by atoms with van der Waals surface area (Å²) in [4.78, 5) is 15.8. The lowest BCUT2D eigenvalue weighted by atomic mass is 9.97. The van der Waals surface area contributed by atoms with Crippen LogP contribution in [0.5, 0.6) is 0 Å². The monoisotopic (exact) mass is 791 g/mol. The highest BCUT2D eigenvalue weighted by Gasteiger charge is 2.23. The minimum absolute atomic E-state index is 0.562. The highest BCUT2D eigenvalue weighted by molar-refractivity contribution is 6.23. The van der Waals surface area contributed by atoms with Crippen LogP contribution >= 0.6 is 0 Å². The zero-order valence-corrected chi connectivity index (χ0v) is 33.6. The Bertz CT molecular complexity index is 3590. The van der Waals surface area contributed by atoms with Gasteiger partial charge in [0.2, 0.25) is 5.95 Å². The fourth-order valence-corrected chi connectivity index (χ4v) is 9.04. The van der Waals surface area contributed by atoms with Gasteiger partial charge < -0.3 is 4.57 Å². The number of aromatic nitrogens is 5. The van der Waals surface area contributed by atoms with Gasteiger partial charge >= 0.3 is 0 Å². The van der Waals surface area contributed by atoms with Crippen LogP contribution in [0.15, 0.2) is 224 Å². The molecule has 5 heteroatoms. The van der Waals surface area contributed by atoms with Crippen LogP contribution in [0.25, 0.3) is 111 Å². The summed E-state index contributed by atoms with van der Waals surface area (Å²) in [6.45, 7) is 0. The molecule has 0 fully saturated rings. The molecule has 0 radical (unpaired) electrons. The van der Waals surface area contributed by atoms with Crippen molar-refractivity contribution in [2.75, 3.05) is 0 Å². The first-order valence-corrected chi connectivity index (χ1v) is 20.9. The summed E-state index contributed by atoms with van der Waals surface area (Å²) in [5, 5.41) is 4.63. The Morgan fingerprint density at radius 1 is 0.258 bits per heavy atom. The molecule has 0 aliphatic carbocycles. The summed E-state index contributed by atoms with van der Waals surface area (Å²) in [5.74, 6) is 1.78. The van der Waals surface area contributed by atoms with Gasteiger partial charge in [0.1, 0.15) is 0 Å². The standard InChI is InChI=1S/C57H37N5/c1-4-15-38(16-5-1)39-27-29-40(30-28-39)44-19-14-20-45(37-44)41-31-33-43(34-32-41)56-58-55(42-17-6-2-7-18-42)59-57(60-56)62-52-26-13-11-24-48(52)50-36-35-49-47-23-10-12-25-51(47)61(53(49)54(50)62)46-21-8-3-9-22-46/h1-37H. The van der Waals surface area contributed by atoms with Crippen LogP contribution in [0, 0.1) is 0 Å². The van der Waals surface area contributed by atoms with E-state index in [1.807, 2.05) is 18.2 Å². The van der Waals surface area contributed by atoms with Crippen molar-refractivity contribution in [1.29, 1.82) is 0 Å². The van der Waals surface area contributed by atoms with Gasteiger partial charge in [-0.3, -0.25) is 4.57 Å². The van der Waals surface area contributed by atoms with Crippen molar-refractivity contribution in [2.24, 2.45) is 0 Å². The normalized spacial score (nSPS) is 11.5. The van der Waals surface area contributed by atoms with E-state index in [2.05, 4.69) is 215 Å². The molecule has 9 aromatic carbocycles. The Balaban J connectivity index is 1.02. The predicted molar refractivity (Wildman–Crippen MR) is 256 cm³/mol. The van der Waals surface area contributed by atoms with Gasteiger partial charge in [0.15, 0.2) is 11.6 Å². The number of fused-ring (bicyclic) bond motifs is 7. The van der Waals surface area contributed by atoms with Crippen LogP contribution in [0.3, 0.4) is 0 Å². The molecule has 0 atom stereocenters. The van der Waals surface area contributed by atoms with Crippen molar-refractivity contribution in [3.63, 3.8) is 0 Å². The second-order valence-electron chi connectivity index (χ2n) is 15.6.